The van der Waals surface area contributed by atoms with E-state index in [-0.39, 0.29) is 17.0 Å². The van der Waals surface area contributed by atoms with Gasteiger partial charge in [0.1, 0.15) is 28.9 Å². The van der Waals surface area contributed by atoms with E-state index >= 15 is 0 Å². The number of fused-ring (bicyclic) bond motifs is 2. The Morgan fingerprint density at radius 2 is 1.47 bits per heavy atom. The fraction of sp³-hybridized carbons (Fsp3) is 0.550. The van der Waals surface area contributed by atoms with Crippen molar-refractivity contribution in [1.82, 2.24) is 29.5 Å². The molecular weight excluding hydrogens is 380 g/mol. The van der Waals surface area contributed by atoms with Crippen LogP contribution in [0.3, 0.4) is 0 Å². The van der Waals surface area contributed by atoms with E-state index in [2.05, 4.69) is 76.7 Å². The average molecular weight is 411 g/mol. The molecule has 0 amide bonds. The number of anilines is 2. The van der Waals surface area contributed by atoms with Crippen molar-refractivity contribution in [2.24, 2.45) is 15.6 Å². The summed E-state index contributed by atoms with van der Waals surface area (Å²) in [5, 5.41) is 8.28. The minimum Gasteiger partial charge on any atom is -0.382 e. The van der Waals surface area contributed by atoms with Crippen LogP contribution < -0.4 is 11.5 Å². The Kier molecular flexibility index (Phi) is 5.21. The second-order valence-electron chi connectivity index (χ2n) is 9.49. The van der Waals surface area contributed by atoms with E-state index in [1.165, 1.54) is 0 Å². The zero-order valence-electron chi connectivity index (χ0n) is 18.9. The van der Waals surface area contributed by atoms with E-state index in [9.17, 15) is 0 Å². The van der Waals surface area contributed by atoms with Crippen molar-refractivity contribution < 1.29 is 0 Å². The Morgan fingerprint density at radius 3 is 2.07 bits per heavy atom. The lowest BCUT2D eigenvalue weighted by Crippen LogP contribution is -2.21. The number of imidazole rings is 1. The second-order valence-corrected chi connectivity index (χ2v) is 9.49. The highest BCUT2D eigenvalue weighted by Gasteiger charge is 2.34. The van der Waals surface area contributed by atoms with Crippen molar-refractivity contribution in [2.45, 2.75) is 67.0 Å². The normalized spacial score (nSPS) is 15.8. The first kappa shape index (κ1) is 21.5. The van der Waals surface area contributed by atoms with Gasteiger partial charge < -0.3 is 16.0 Å². The van der Waals surface area contributed by atoms with E-state index in [1.54, 1.807) is 6.33 Å². The second kappa shape index (κ2) is 7.26. The summed E-state index contributed by atoms with van der Waals surface area (Å²) >= 11 is 0. The van der Waals surface area contributed by atoms with Crippen LogP contribution in [0.4, 0.5) is 17.3 Å². The summed E-state index contributed by atoms with van der Waals surface area (Å²) in [4.78, 5) is 21.2. The number of hydrogen-bond acceptors (Lipinski definition) is 9. The lowest BCUT2D eigenvalue weighted by atomic mass is 9.85. The van der Waals surface area contributed by atoms with Crippen molar-refractivity contribution in [3.8, 4) is 0 Å². The van der Waals surface area contributed by atoms with Crippen molar-refractivity contribution >= 4 is 28.5 Å². The first-order chi connectivity index (χ1) is 13.8. The SMILES string of the molecule is Cc1nc(N)c2c(n1)C(C(C)(C)C)N=N2.Cc1nc(N)c2ncn(C(C)(C)C)c2n1. The van der Waals surface area contributed by atoms with Crippen LogP contribution in [0.1, 0.15) is 64.9 Å². The average Bonchev–Trinajstić information content (AvgIpc) is 3.18. The zero-order chi connectivity index (χ0) is 22.4. The monoisotopic (exact) mass is 410 g/mol. The van der Waals surface area contributed by atoms with Gasteiger partial charge in [-0.2, -0.15) is 5.11 Å². The van der Waals surface area contributed by atoms with Gasteiger partial charge in [0, 0.05) is 5.54 Å². The van der Waals surface area contributed by atoms with Crippen LogP contribution in [0.25, 0.3) is 11.2 Å². The Labute approximate surface area is 176 Å². The molecule has 0 spiro atoms. The molecule has 0 bridgehead atoms. The van der Waals surface area contributed by atoms with Gasteiger partial charge in [-0.1, -0.05) is 20.8 Å². The molecule has 0 aliphatic carbocycles. The fourth-order valence-electron chi connectivity index (χ4n) is 3.18. The van der Waals surface area contributed by atoms with Crippen LogP contribution in [0, 0.1) is 19.3 Å². The molecule has 160 valence electrons. The highest BCUT2D eigenvalue weighted by Crippen LogP contribution is 2.46. The highest BCUT2D eigenvalue weighted by atomic mass is 15.2. The number of nitrogens with two attached hydrogens (primary N) is 2. The fourth-order valence-corrected chi connectivity index (χ4v) is 3.18. The predicted molar refractivity (Wildman–Crippen MR) is 117 cm³/mol. The molecule has 4 rings (SSSR count). The Morgan fingerprint density at radius 1 is 0.867 bits per heavy atom. The van der Waals surface area contributed by atoms with Gasteiger partial charge in [-0.05, 0) is 40.0 Å². The summed E-state index contributed by atoms with van der Waals surface area (Å²) in [5.74, 6) is 2.22. The molecule has 0 fully saturated rings. The number of nitrogens with zero attached hydrogens (tertiary/aromatic N) is 8. The molecule has 0 aromatic carbocycles. The summed E-state index contributed by atoms with van der Waals surface area (Å²) in [5.41, 5.74) is 14.5. The maximum absolute atomic E-state index is 5.79. The lowest BCUT2D eigenvalue weighted by molar-refractivity contribution is 0.323. The third kappa shape index (κ3) is 4.07. The molecule has 0 radical (unpaired) electrons. The van der Waals surface area contributed by atoms with Gasteiger partial charge in [0.05, 0.1) is 6.33 Å². The maximum atomic E-state index is 5.79. The van der Waals surface area contributed by atoms with Gasteiger partial charge in [-0.15, -0.1) is 5.11 Å². The van der Waals surface area contributed by atoms with E-state index in [4.69, 9.17) is 11.5 Å². The van der Waals surface area contributed by atoms with Crippen LogP contribution in [-0.4, -0.2) is 29.5 Å². The van der Waals surface area contributed by atoms with Crippen LogP contribution in [0.5, 0.6) is 0 Å². The quantitative estimate of drug-likeness (QED) is 0.569. The van der Waals surface area contributed by atoms with Crippen LogP contribution >= 0.6 is 0 Å². The summed E-state index contributed by atoms with van der Waals surface area (Å²) in [7, 11) is 0. The van der Waals surface area contributed by atoms with Gasteiger partial charge in [0.25, 0.3) is 0 Å². The molecule has 10 heteroatoms. The van der Waals surface area contributed by atoms with E-state index in [1.807, 2.05) is 18.4 Å². The molecule has 1 aliphatic rings. The molecule has 4 N–H and O–H groups in total. The Bertz CT molecular complexity index is 1120. The molecule has 3 aromatic rings. The Balaban J connectivity index is 0.000000171. The minimum atomic E-state index is -0.0536. The minimum absolute atomic E-state index is 0.00197. The zero-order valence-corrected chi connectivity index (χ0v) is 18.9. The number of aryl methyl sites for hydroxylation is 2. The summed E-state index contributed by atoms with van der Waals surface area (Å²) < 4.78 is 2.01. The van der Waals surface area contributed by atoms with Crippen LogP contribution in [0.15, 0.2) is 16.6 Å². The number of hydrogen-bond donors (Lipinski definition) is 2. The largest absolute Gasteiger partial charge is 0.382 e. The number of nitrogen functional groups attached to an aromatic ring is 2. The summed E-state index contributed by atoms with van der Waals surface area (Å²) in [6.07, 6.45) is 1.76. The molecule has 3 aromatic heterocycles. The Hall–Kier alpha value is -3.17. The summed E-state index contributed by atoms with van der Waals surface area (Å²) in [6.45, 7) is 16.3. The van der Waals surface area contributed by atoms with Crippen LogP contribution in [-0.2, 0) is 5.54 Å². The van der Waals surface area contributed by atoms with E-state index in [0.717, 1.165) is 11.3 Å². The molecule has 0 saturated carbocycles. The van der Waals surface area contributed by atoms with Crippen LogP contribution in [0.2, 0.25) is 0 Å². The molecule has 1 aliphatic heterocycles. The molecule has 4 heterocycles. The topological polar surface area (TPSA) is 146 Å². The van der Waals surface area contributed by atoms with Crippen molar-refractivity contribution in [2.75, 3.05) is 11.5 Å². The van der Waals surface area contributed by atoms with Crippen molar-refractivity contribution in [3.05, 3.63) is 23.7 Å². The molecule has 0 saturated heterocycles. The molecule has 30 heavy (non-hydrogen) atoms. The van der Waals surface area contributed by atoms with Crippen molar-refractivity contribution in [3.63, 3.8) is 0 Å². The summed E-state index contributed by atoms with van der Waals surface area (Å²) in [6, 6.07) is -0.0171. The van der Waals surface area contributed by atoms with Gasteiger partial charge in [0.2, 0.25) is 0 Å². The van der Waals surface area contributed by atoms with Gasteiger partial charge in [-0.25, -0.2) is 24.9 Å². The third-order valence-electron chi connectivity index (χ3n) is 4.66. The standard InChI is InChI=1S/2C10H15N5/c1-6-13-8(11)7-9(14-6)15(5-12-7)10(2,3)4;1-5-12-6-7(9(11)13-5)14-15-8(6)10(2,3)4/h5H,1-4H3,(H2,11,13,14);8H,1-4H3,(H2,11,12,13). The number of rotatable bonds is 0. The predicted octanol–water partition coefficient (Wildman–Crippen LogP) is 4.02. The highest BCUT2D eigenvalue weighted by molar-refractivity contribution is 5.81. The molecule has 10 nitrogen and oxygen atoms in total. The molecule has 1 unspecified atom stereocenters. The first-order valence-corrected chi connectivity index (χ1v) is 9.81. The number of aromatic nitrogens is 6. The maximum Gasteiger partial charge on any atom is 0.166 e. The van der Waals surface area contributed by atoms with Gasteiger partial charge in [0.15, 0.2) is 23.0 Å². The van der Waals surface area contributed by atoms with Crippen molar-refractivity contribution in [1.29, 1.82) is 0 Å². The number of azo groups is 1. The van der Waals surface area contributed by atoms with Gasteiger partial charge >= 0.3 is 0 Å². The molecular formula is C20H30N10. The lowest BCUT2D eigenvalue weighted by Gasteiger charge is -2.23. The smallest absolute Gasteiger partial charge is 0.166 e. The third-order valence-corrected chi connectivity index (χ3v) is 4.66. The van der Waals surface area contributed by atoms with Gasteiger partial charge in [-0.3, -0.25) is 0 Å². The van der Waals surface area contributed by atoms with E-state index < -0.39 is 0 Å². The molecule has 1 atom stereocenters. The first-order valence-electron chi connectivity index (χ1n) is 9.81. The van der Waals surface area contributed by atoms with E-state index in [0.29, 0.717) is 34.5 Å².